The molecule has 2 aromatic rings. The zero-order valence-corrected chi connectivity index (χ0v) is 14.2. The molecule has 0 amide bonds. The number of nitrogens with zero attached hydrogens (tertiary/aromatic N) is 2. The number of hydrogen-bond acceptors (Lipinski definition) is 5. The van der Waals surface area contributed by atoms with Crippen molar-refractivity contribution >= 4 is 50.0 Å². The van der Waals surface area contributed by atoms with Crippen molar-refractivity contribution in [3.05, 3.63) is 38.9 Å². The molecule has 2 heterocycles. The lowest BCUT2D eigenvalue weighted by atomic mass is 10.4. The van der Waals surface area contributed by atoms with E-state index in [1.54, 1.807) is 22.6 Å². The van der Waals surface area contributed by atoms with Gasteiger partial charge in [0.1, 0.15) is 5.82 Å². The smallest absolute Gasteiger partial charge is 0.268 e. The fourth-order valence-electron chi connectivity index (χ4n) is 1.42. The number of hydrogen-bond donors (Lipinski definition) is 1. The molecule has 112 valence electrons. The Hall–Kier alpha value is -1.20. The van der Waals surface area contributed by atoms with Crippen LogP contribution in [-0.4, -0.2) is 25.5 Å². The van der Waals surface area contributed by atoms with Gasteiger partial charge in [0.2, 0.25) is 5.88 Å². The van der Waals surface area contributed by atoms with E-state index < -0.39 is 15.8 Å². The highest BCUT2D eigenvalue weighted by Crippen LogP contribution is 2.26. The first-order valence-electron chi connectivity index (χ1n) is 5.37. The Morgan fingerprint density at radius 1 is 1.33 bits per heavy atom. The molecule has 1 N–H and O–H groups in total. The number of aromatic nitrogens is 2. The van der Waals surface area contributed by atoms with Gasteiger partial charge in [-0.15, -0.1) is 0 Å². The number of methoxy groups -OCH3 is 1. The van der Waals surface area contributed by atoms with Gasteiger partial charge in [-0.25, -0.2) is 22.8 Å². The van der Waals surface area contributed by atoms with Crippen molar-refractivity contribution < 1.29 is 17.5 Å². The van der Waals surface area contributed by atoms with Crippen molar-refractivity contribution in [1.82, 2.24) is 9.97 Å². The van der Waals surface area contributed by atoms with Gasteiger partial charge in [0.15, 0.2) is 10.7 Å². The fraction of sp³-hybridized carbons (Fsp3) is 0.0909. The molecule has 21 heavy (non-hydrogen) atoms. The molecular weight excluding hydrogens is 436 g/mol. The van der Waals surface area contributed by atoms with E-state index in [1.165, 1.54) is 25.4 Å². The average Bonchev–Trinajstić information content (AvgIpc) is 2.42. The molecule has 0 fully saturated rings. The third-order valence-corrected chi connectivity index (χ3v) is 4.70. The topological polar surface area (TPSA) is 81.2 Å². The molecule has 0 aromatic carbocycles. The normalized spacial score (nSPS) is 11.2. The van der Waals surface area contributed by atoms with Gasteiger partial charge in [-0.1, -0.05) is 11.6 Å². The van der Waals surface area contributed by atoms with Gasteiger partial charge in [0.05, 0.1) is 21.9 Å². The zero-order valence-electron chi connectivity index (χ0n) is 10.5. The molecule has 0 aliphatic carbocycles. The number of anilines is 1. The van der Waals surface area contributed by atoms with Crippen LogP contribution in [0.1, 0.15) is 0 Å². The number of pyridine rings is 2. The third kappa shape index (κ3) is 3.71. The van der Waals surface area contributed by atoms with E-state index in [4.69, 9.17) is 16.3 Å². The van der Waals surface area contributed by atoms with Crippen molar-refractivity contribution in [1.29, 1.82) is 0 Å². The largest absolute Gasteiger partial charge is 0.480 e. The maximum absolute atomic E-state index is 13.1. The lowest BCUT2D eigenvalue weighted by Gasteiger charge is -2.10. The van der Waals surface area contributed by atoms with Crippen LogP contribution in [0.15, 0.2) is 29.4 Å². The zero-order chi connectivity index (χ0) is 15.6. The Labute approximate surface area is 138 Å². The Kier molecular flexibility index (Phi) is 4.84. The van der Waals surface area contributed by atoms with Crippen LogP contribution in [0, 0.1) is 9.39 Å². The number of halogens is 3. The van der Waals surface area contributed by atoms with E-state index in [-0.39, 0.29) is 25.2 Å². The summed E-state index contributed by atoms with van der Waals surface area (Å²) in [5.74, 6) is -0.674. The minimum atomic E-state index is -4.02. The Morgan fingerprint density at radius 3 is 2.67 bits per heavy atom. The van der Waals surface area contributed by atoms with E-state index in [9.17, 15) is 12.8 Å². The summed E-state index contributed by atoms with van der Waals surface area (Å²) in [4.78, 5) is 7.21. The van der Waals surface area contributed by atoms with E-state index in [1.807, 2.05) is 0 Å². The van der Waals surface area contributed by atoms with Gasteiger partial charge >= 0.3 is 0 Å². The van der Waals surface area contributed by atoms with Gasteiger partial charge in [-0.2, -0.15) is 0 Å². The minimum Gasteiger partial charge on any atom is -0.480 e. The number of ether oxygens (including phenoxy) is 1. The summed E-state index contributed by atoms with van der Waals surface area (Å²) in [6.07, 6.45) is 2.19. The molecule has 0 saturated carbocycles. The first kappa shape index (κ1) is 16.2. The van der Waals surface area contributed by atoms with Crippen LogP contribution >= 0.6 is 34.2 Å². The summed E-state index contributed by atoms with van der Waals surface area (Å²) in [5, 5.41) is 0.137. The highest BCUT2D eigenvalue weighted by Gasteiger charge is 2.22. The van der Waals surface area contributed by atoms with Crippen LogP contribution in [0.5, 0.6) is 5.88 Å². The van der Waals surface area contributed by atoms with Crippen molar-refractivity contribution in [2.75, 3.05) is 11.8 Å². The van der Waals surface area contributed by atoms with E-state index in [2.05, 4.69) is 14.7 Å². The minimum absolute atomic E-state index is 0.0252. The second-order valence-electron chi connectivity index (χ2n) is 3.75. The van der Waals surface area contributed by atoms with Gasteiger partial charge in [-0.05, 0) is 34.7 Å². The maximum Gasteiger partial charge on any atom is 0.268 e. The second-order valence-corrected chi connectivity index (χ2v) is 7.00. The lowest BCUT2D eigenvalue weighted by molar-refractivity contribution is 0.385. The van der Waals surface area contributed by atoms with Crippen molar-refractivity contribution in [3.63, 3.8) is 0 Å². The van der Waals surface area contributed by atoms with Gasteiger partial charge < -0.3 is 4.74 Å². The summed E-state index contributed by atoms with van der Waals surface area (Å²) in [5.41, 5.74) is 0. The Morgan fingerprint density at radius 2 is 2.05 bits per heavy atom. The molecule has 0 bridgehead atoms. The highest BCUT2D eigenvalue weighted by molar-refractivity contribution is 14.1. The quantitative estimate of drug-likeness (QED) is 0.735. The maximum atomic E-state index is 13.1. The Bertz CT molecular complexity index is 788. The van der Waals surface area contributed by atoms with Crippen LogP contribution in [0.25, 0.3) is 0 Å². The summed E-state index contributed by atoms with van der Waals surface area (Å²) < 4.78 is 45.1. The molecule has 6 nitrogen and oxygen atoms in total. The third-order valence-electron chi connectivity index (χ3n) is 2.32. The molecule has 0 radical (unpaired) electrons. The van der Waals surface area contributed by atoms with Crippen molar-refractivity contribution in [2.24, 2.45) is 0 Å². The first-order chi connectivity index (χ1) is 9.83. The van der Waals surface area contributed by atoms with Crippen LogP contribution in [-0.2, 0) is 10.0 Å². The highest BCUT2D eigenvalue weighted by atomic mass is 127. The molecule has 0 saturated heterocycles. The monoisotopic (exact) mass is 443 g/mol. The summed E-state index contributed by atoms with van der Waals surface area (Å²) in [7, 11) is -2.73. The van der Waals surface area contributed by atoms with Gasteiger partial charge in [0.25, 0.3) is 10.0 Å². The summed E-state index contributed by atoms with van der Waals surface area (Å²) >= 11 is 7.48. The molecular formula is C11H8ClFIN3O3S. The van der Waals surface area contributed by atoms with E-state index in [0.717, 1.165) is 6.20 Å². The van der Waals surface area contributed by atoms with Crippen molar-refractivity contribution in [2.45, 2.75) is 4.90 Å². The molecule has 2 aromatic heterocycles. The molecule has 0 aliphatic heterocycles. The predicted molar refractivity (Wildman–Crippen MR) is 83.5 cm³/mol. The van der Waals surface area contributed by atoms with E-state index >= 15 is 0 Å². The number of nitrogens with one attached hydrogen (secondary N) is 1. The summed E-state index contributed by atoms with van der Waals surface area (Å²) in [6, 6.07) is 2.46. The van der Waals surface area contributed by atoms with Crippen molar-refractivity contribution in [3.8, 4) is 5.88 Å². The van der Waals surface area contributed by atoms with Gasteiger partial charge in [-0.3, -0.25) is 4.72 Å². The van der Waals surface area contributed by atoms with E-state index in [0.29, 0.717) is 0 Å². The fourth-order valence-corrected chi connectivity index (χ4v) is 3.22. The molecule has 10 heteroatoms. The Balaban J connectivity index is 2.42. The van der Waals surface area contributed by atoms with Crippen LogP contribution < -0.4 is 9.46 Å². The van der Waals surface area contributed by atoms with Crippen LogP contribution in [0.4, 0.5) is 10.2 Å². The van der Waals surface area contributed by atoms with Crippen LogP contribution in [0.3, 0.4) is 0 Å². The summed E-state index contributed by atoms with van der Waals surface area (Å²) in [6.45, 7) is 0. The first-order valence-corrected chi connectivity index (χ1v) is 8.31. The number of rotatable bonds is 4. The molecule has 2 rings (SSSR count). The van der Waals surface area contributed by atoms with Crippen LogP contribution in [0.2, 0.25) is 5.02 Å². The SMILES string of the molecule is COc1ncc(Cl)cc1S(=O)(=O)Nc1cc(I)c(F)cn1. The molecule has 0 aliphatic rings. The average molecular weight is 444 g/mol. The molecule has 0 spiro atoms. The standard InChI is InChI=1S/C11H8ClFIN3O3S/c1-20-11-9(2-6(12)4-16-11)21(18,19)17-10-3-8(14)7(13)5-15-10/h2-5H,1H3,(H,15,17). The predicted octanol–water partition coefficient (Wildman–Crippen LogP) is 2.68. The molecule has 0 unspecified atom stereocenters. The second kappa shape index (κ2) is 6.28. The van der Waals surface area contributed by atoms with Gasteiger partial charge in [0, 0.05) is 6.20 Å². The lowest BCUT2D eigenvalue weighted by Crippen LogP contribution is -2.15. The number of sulfonamides is 1. The molecule has 0 atom stereocenters.